The number of carbonyl (C=O) groups is 1. The highest BCUT2D eigenvalue weighted by Crippen LogP contribution is 2.31. The van der Waals surface area contributed by atoms with Crippen LogP contribution < -0.4 is 11.1 Å². The van der Waals surface area contributed by atoms with Crippen molar-refractivity contribution in [3.05, 3.63) is 29.8 Å². The Labute approximate surface area is 134 Å². The van der Waals surface area contributed by atoms with Crippen LogP contribution in [0.2, 0.25) is 0 Å². The zero-order chi connectivity index (χ0) is 16.0. The third-order valence-electron chi connectivity index (χ3n) is 5.02. The van der Waals surface area contributed by atoms with Gasteiger partial charge in [0.1, 0.15) is 0 Å². The molecule has 0 atom stereocenters. The number of nitrogens with two attached hydrogens (primary N) is 1. The molecule has 0 aliphatic heterocycles. The molecule has 4 nitrogen and oxygen atoms in total. The summed E-state index contributed by atoms with van der Waals surface area (Å²) >= 11 is 0. The SMILES string of the molecule is CN(C)C1(CNC(=O)CCc2ccccc2N)CCCCC1. The summed E-state index contributed by atoms with van der Waals surface area (Å²) < 4.78 is 0. The van der Waals surface area contributed by atoms with Crippen molar-refractivity contribution in [3.8, 4) is 0 Å². The number of hydrogen-bond donors (Lipinski definition) is 2. The van der Waals surface area contributed by atoms with Gasteiger partial charge in [-0.3, -0.25) is 4.79 Å². The highest BCUT2D eigenvalue weighted by Gasteiger charge is 2.34. The van der Waals surface area contributed by atoms with Crippen LogP contribution in [0.3, 0.4) is 0 Å². The molecule has 2 rings (SSSR count). The van der Waals surface area contributed by atoms with Gasteiger partial charge in [-0.2, -0.15) is 0 Å². The van der Waals surface area contributed by atoms with Gasteiger partial charge < -0.3 is 16.0 Å². The Morgan fingerprint density at radius 1 is 1.23 bits per heavy atom. The highest BCUT2D eigenvalue weighted by atomic mass is 16.1. The third-order valence-corrected chi connectivity index (χ3v) is 5.02. The molecule has 0 bridgehead atoms. The van der Waals surface area contributed by atoms with Crippen molar-refractivity contribution >= 4 is 11.6 Å². The first kappa shape index (κ1) is 16.8. The van der Waals surface area contributed by atoms with Gasteiger partial charge in [-0.1, -0.05) is 37.5 Å². The van der Waals surface area contributed by atoms with E-state index >= 15 is 0 Å². The van der Waals surface area contributed by atoms with Gasteiger partial charge in [0.25, 0.3) is 0 Å². The zero-order valence-electron chi connectivity index (χ0n) is 13.9. The predicted octanol–water partition coefficient (Wildman–Crippen LogP) is 2.58. The Hall–Kier alpha value is -1.55. The fourth-order valence-corrected chi connectivity index (χ4v) is 3.35. The number of nitrogens with zero attached hydrogens (tertiary/aromatic N) is 1. The number of likely N-dealkylation sites (N-methyl/N-ethyl adjacent to an activating group) is 1. The van der Waals surface area contributed by atoms with Gasteiger partial charge >= 0.3 is 0 Å². The van der Waals surface area contributed by atoms with Gasteiger partial charge in [-0.15, -0.1) is 0 Å². The van der Waals surface area contributed by atoms with Crippen LogP contribution in [0.15, 0.2) is 24.3 Å². The molecule has 122 valence electrons. The van der Waals surface area contributed by atoms with E-state index < -0.39 is 0 Å². The molecule has 1 aliphatic carbocycles. The second-order valence-electron chi connectivity index (χ2n) is 6.65. The molecule has 1 aromatic carbocycles. The molecule has 0 saturated heterocycles. The lowest BCUT2D eigenvalue weighted by molar-refractivity contribution is -0.121. The van der Waals surface area contributed by atoms with E-state index in [1.165, 1.54) is 32.1 Å². The number of hydrogen-bond acceptors (Lipinski definition) is 3. The lowest BCUT2D eigenvalue weighted by Gasteiger charge is -2.43. The quantitative estimate of drug-likeness (QED) is 0.794. The summed E-state index contributed by atoms with van der Waals surface area (Å²) in [5.41, 5.74) is 7.88. The van der Waals surface area contributed by atoms with E-state index in [1.807, 2.05) is 24.3 Å². The van der Waals surface area contributed by atoms with Gasteiger partial charge in [0.05, 0.1) is 0 Å². The van der Waals surface area contributed by atoms with E-state index in [0.29, 0.717) is 12.8 Å². The van der Waals surface area contributed by atoms with Gasteiger partial charge in [-0.25, -0.2) is 0 Å². The maximum atomic E-state index is 12.2. The van der Waals surface area contributed by atoms with Crippen molar-refractivity contribution in [1.82, 2.24) is 10.2 Å². The fourth-order valence-electron chi connectivity index (χ4n) is 3.35. The molecule has 22 heavy (non-hydrogen) atoms. The monoisotopic (exact) mass is 303 g/mol. The molecule has 1 aromatic rings. The Balaban J connectivity index is 1.83. The summed E-state index contributed by atoms with van der Waals surface area (Å²) in [6, 6.07) is 7.76. The largest absolute Gasteiger partial charge is 0.399 e. The normalized spacial score (nSPS) is 17.4. The Morgan fingerprint density at radius 2 is 1.91 bits per heavy atom. The van der Waals surface area contributed by atoms with Crippen molar-refractivity contribution in [2.75, 3.05) is 26.4 Å². The number of carbonyl (C=O) groups excluding carboxylic acids is 1. The van der Waals surface area contributed by atoms with E-state index in [2.05, 4.69) is 24.3 Å². The summed E-state index contributed by atoms with van der Waals surface area (Å²) in [5, 5.41) is 3.14. The van der Waals surface area contributed by atoms with E-state index in [1.54, 1.807) is 0 Å². The van der Waals surface area contributed by atoms with Crippen molar-refractivity contribution in [2.24, 2.45) is 0 Å². The molecule has 1 aliphatic rings. The smallest absolute Gasteiger partial charge is 0.220 e. The predicted molar refractivity (Wildman–Crippen MR) is 91.7 cm³/mol. The van der Waals surface area contributed by atoms with Crippen LogP contribution in [0.4, 0.5) is 5.69 Å². The maximum Gasteiger partial charge on any atom is 0.220 e. The summed E-state index contributed by atoms with van der Waals surface area (Å²) in [4.78, 5) is 14.5. The van der Waals surface area contributed by atoms with Crippen LogP contribution in [0.1, 0.15) is 44.1 Å². The minimum atomic E-state index is 0.120. The van der Waals surface area contributed by atoms with Crippen LogP contribution in [0.25, 0.3) is 0 Å². The van der Waals surface area contributed by atoms with Crippen molar-refractivity contribution in [1.29, 1.82) is 0 Å². The number of amides is 1. The minimum Gasteiger partial charge on any atom is -0.399 e. The average molecular weight is 303 g/mol. The Morgan fingerprint density at radius 3 is 2.55 bits per heavy atom. The summed E-state index contributed by atoms with van der Waals surface area (Å²) in [5.74, 6) is 0.120. The molecule has 0 spiro atoms. The van der Waals surface area contributed by atoms with E-state index in [9.17, 15) is 4.79 Å². The van der Waals surface area contributed by atoms with Crippen LogP contribution in [-0.2, 0) is 11.2 Å². The number of para-hydroxylation sites is 1. The van der Waals surface area contributed by atoms with E-state index in [-0.39, 0.29) is 11.4 Å². The first-order valence-corrected chi connectivity index (χ1v) is 8.31. The molecule has 3 N–H and O–H groups in total. The van der Waals surface area contributed by atoms with Crippen LogP contribution in [0, 0.1) is 0 Å². The summed E-state index contributed by atoms with van der Waals surface area (Å²) in [6.45, 7) is 0.753. The summed E-state index contributed by atoms with van der Waals surface area (Å²) in [7, 11) is 4.25. The average Bonchev–Trinajstić information content (AvgIpc) is 2.53. The molecule has 4 heteroatoms. The molecule has 0 aromatic heterocycles. The van der Waals surface area contributed by atoms with Crippen molar-refractivity contribution < 1.29 is 4.79 Å². The maximum absolute atomic E-state index is 12.2. The molecule has 1 saturated carbocycles. The van der Waals surface area contributed by atoms with E-state index in [4.69, 9.17) is 5.73 Å². The number of aryl methyl sites for hydroxylation is 1. The highest BCUT2D eigenvalue weighted by molar-refractivity contribution is 5.76. The standard InChI is InChI=1S/C18H29N3O/c1-21(2)18(12-6-3-7-13-18)14-20-17(22)11-10-15-8-4-5-9-16(15)19/h4-5,8-9H,3,6-7,10-14,19H2,1-2H3,(H,20,22). The molecular weight excluding hydrogens is 274 g/mol. The van der Waals surface area contributed by atoms with Gasteiger partial charge in [0.2, 0.25) is 5.91 Å². The molecule has 0 unspecified atom stereocenters. The van der Waals surface area contributed by atoms with Crippen molar-refractivity contribution in [2.45, 2.75) is 50.5 Å². The number of nitrogens with one attached hydrogen (secondary N) is 1. The fraction of sp³-hybridized carbons (Fsp3) is 0.611. The molecule has 1 fully saturated rings. The number of rotatable bonds is 6. The lowest BCUT2D eigenvalue weighted by Crippen LogP contribution is -2.53. The molecule has 0 radical (unpaired) electrons. The Bertz CT molecular complexity index is 493. The zero-order valence-corrected chi connectivity index (χ0v) is 13.9. The summed E-state index contributed by atoms with van der Waals surface area (Å²) in [6.07, 6.45) is 7.38. The minimum absolute atomic E-state index is 0.120. The second-order valence-corrected chi connectivity index (χ2v) is 6.65. The molecular formula is C18H29N3O. The van der Waals surface area contributed by atoms with Crippen LogP contribution >= 0.6 is 0 Å². The second kappa shape index (κ2) is 7.63. The van der Waals surface area contributed by atoms with Gasteiger partial charge in [0.15, 0.2) is 0 Å². The lowest BCUT2D eigenvalue weighted by atomic mass is 9.80. The van der Waals surface area contributed by atoms with Gasteiger partial charge in [0, 0.05) is 24.2 Å². The first-order valence-electron chi connectivity index (χ1n) is 8.31. The number of nitrogen functional groups attached to an aromatic ring is 1. The number of benzene rings is 1. The van der Waals surface area contributed by atoms with Crippen molar-refractivity contribution in [3.63, 3.8) is 0 Å². The van der Waals surface area contributed by atoms with Gasteiger partial charge in [-0.05, 0) is 45.0 Å². The third kappa shape index (κ3) is 4.23. The topological polar surface area (TPSA) is 58.4 Å². The molecule has 0 heterocycles. The van der Waals surface area contributed by atoms with Crippen LogP contribution in [-0.4, -0.2) is 37.0 Å². The van der Waals surface area contributed by atoms with Crippen LogP contribution in [0.5, 0.6) is 0 Å². The number of anilines is 1. The first-order chi connectivity index (χ1) is 10.5. The van der Waals surface area contributed by atoms with E-state index in [0.717, 1.165) is 17.8 Å². The molecule has 1 amide bonds. The Kier molecular flexibility index (Phi) is 5.83.